The van der Waals surface area contributed by atoms with Gasteiger partial charge in [0.05, 0.1) is 88.6 Å². The van der Waals surface area contributed by atoms with Gasteiger partial charge in [0.15, 0.2) is 11.6 Å². The lowest BCUT2D eigenvalue weighted by Gasteiger charge is -2.14. The van der Waals surface area contributed by atoms with Crippen LogP contribution >= 0.6 is 0 Å². The average molecular weight is 1290 g/mol. The minimum atomic E-state index is 0.685. The molecule has 24 aromatic rings. The van der Waals surface area contributed by atoms with Gasteiger partial charge in [0.25, 0.3) is 0 Å². The number of aromatic nitrogens is 8. The van der Waals surface area contributed by atoms with Gasteiger partial charge in [0, 0.05) is 76.1 Å². The van der Waals surface area contributed by atoms with Crippen LogP contribution in [0.25, 0.3) is 231 Å². The SMILES string of the molecule is c1ccc(-c2nc(-c3ccc4c(c3)c3c5ccccc5c5c6ccc(-c7cccc(-c8nc(-c9ccc(-c%10ccc%11c(c%10)c%10c%12ccccc%12c%12c%13ccccc%13n%13c%14ccccc%14n%11c%10c%12%13)c%10ccccc9%10)nc9ccccc89)c7)cc6n6c7ccccc7n4c3c56)c3ccccc3n2)cc1. The van der Waals surface area contributed by atoms with E-state index >= 15 is 0 Å². The van der Waals surface area contributed by atoms with Crippen molar-refractivity contribution in [2.45, 2.75) is 0 Å². The molecule has 0 N–H and O–H groups in total. The van der Waals surface area contributed by atoms with Crippen molar-refractivity contribution in [1.29, 1.82) is 0 Å². The molecule has 0 radical (unpaired) electrons. The van der Waals surface area contributed by atoms with Crippen LogP contribution in [-0.4, -0.2) is 37.5 Å². The van der Waals surface area contributed by atoms with Crippen LogP contribution in [0.4, 0.5) is 0 Å². The summed E-state index contributed by atoms with van der Waals surface area (Å²) in [6.07, 6.45) is 0. The van der Waals surface area contributed by atoms with Crippen LogP contribution < -0.4 is 0 Å². The molecule has 24 rings (SSSR count). The zero-order valence-corrected chi connectivity index (χ0v) is 54.6. The molecule has 468 valence electrons. The first-order chi connectivity index (χ1) is 50.6. The molecule has 0 aliphatic heterocycles. The lowest BCUT2D eigenvalue weighted by molar-refractivity contribution is 1.23. The topological polar surface area (TPSA) is 69.2 Å². The zero-order valence-electron chi connectivity index (χ0n) is 54.6. The first-order valence-corrected chi connectivity index (χ1v) is 34.9. The second-order valence-corrected chi connectivity index (χ2v) is 27.5. The molecule has 16 aromatic carbocycles. The summed E-state index contributed by atoms with van der Waals surface area (Å²) >= 11 is 0. The van der Waals surface area contributed by atoms with Gasteiger partial charge in [-0.1, -0.05) is 231 Å². The first kappa shape index (κ1) is 54.2. The monoisotopic (exact) mass is 1290 g/mol. The Labute approximate surface area is 580 Å². The Morgan fingerprint density at radius 2 is 0.539 bits per heavy atom. The van der Waals surface area contributed by atoms with Gasteiger partial charge in [0.2, 0.25) is 0 Å². The normalized spacial score (nSPS) is 12.5. The van der Waals surface area contributed by atoms with E-state index in [0.29, 0.717) is 11.6 Å². The summed E-state index contributed by atoms with van der Waals surface area (Å²) in [4.78, 5) is 21.5. The van der Waals surface area contributed by atoms with Gasteiger partial charge in [-0.2, -0.15) is 0 Å². The van der Waals surface area contributed by atoms with Crippen molar-refractivity contribution in [2.75, 3.05) is 0 Å². The number of benzene rings is 16. The molecule has 102 heavy (non-hydrogen) atoms. The molecule has 0 aliphatic carbocycles. The predicted molar refractivity (Wildman–Crippen MR) is 424 cm³/mol. The van der Waals surface area contributed by atoms with Crippen LogP contribution in [0.15, 0.2) is 315 Å². The van der Waals surface area contributed by atoms with Gasteiger partial charge in [-0.05, 0) is 140 Å². The van der Waals surface area contributed by atoms with Crippen LogP contribution in [0, 0.1) is 0 Å². The molecular weight excluding hydrogens is 1240 g/mol. The molecule has 0 amide bonds. The fourth-order valence-corrected chi connectivity index (χ4v) is 18.1. The van der Waals surface area contributed by atoms with Crippen molar-refractivity contribution in [3.05, 3.63) is 315 Å². The van der Waals surface area contributed by atoms with Gasteiger partial charge in [0.1, 0.15) is 0 Å². The Morgan fingerprint density at radius 3 is 1.12 bits per heavy atom. The van der Waals surface area contributed by atoms with E-state index in [1.54, 1.807) is 0 Å². The van der Waals surface area contributed by atoms with Crippen LogP contribution in [0.2, 0.25) is 0 Å². The quantitative estimate of drug-likeness (QED) is 0.156. The number of hydrogen-bond acceptors (Lipinski definition) is 4. The summed E-state index contributed by atoms with van der Waals surface area (Å²) in [5.74, 6) is 1.40. The number of rotatable bonds is 6. The summed E-state index contributed by atoms with van der Waals surface area (Å²) in [6, 6.07) is 115. The van der Waals surface area contributed by atoms with Crippen molar-refractivity contribution in [1.82, 2.24) is 37.5 Å². The van der Waals surface area contributed by atoms with Crippen molar-refractivity contribution < 1.29 is 0 Å². The van der Waals surface area contributed by atoms with Crippen LogP contribution in [-0.2, 0) is 0 Å². The highest BCUT2D eigenvalue weighted by molar-refractivity contribution is 6.39. The molecule has 0 spiro atoms. The third kappa shape index (κ3) is 7.13. The molecule has 0 bridgehead atoms. The van der Waals surface area contributed by atoms with E-state index in [1.807, 2.05) is 18.2 Å². The second kappa shape index (κ2) is 19.9. The average Bonchev–Trinajstić information content (AvgIpc) is 1.51. The fraction of sp³-hybridized carbons (Fsp3) is 0. The van der Waals surface area contributed by atoms with E-state index in [1.165, 1.54) is 109 Å². The Kier molecular flexibility index (Phi) is 10.6. The Bertz CT molecular complexity index is 7780. The number of nitrogens with zero attached hydrogens (tertiary/aromatic N) is 8. The fourth-order valence-electron chi connectivity index (χ4n) is 18.1. The summed E-state index contributed by atoms with van der Waals surface area (Å²) in [5.41, 5.74) is 26.5. The van der Waals surface area contributed by atoms with Crippen LogP contribution in [0.3, 0.4) is 0 Å². The van der Waals surface area contributed by atoms with E-state index in [4.69, 9.17) is 19.9 Å². The minimum Gasteiger partial charge on any atom is -0.305 e. The smallest absolute Gasteiger partial charge is 0.161 e. The molecule has 0 saturated heterocycles. The molecule has 0 saturated carbocycles. The van der Waals surface area contributed by atoms with Crippen LogP contribution in [0.1, 0.15) is 0 Å². The lowest BCUT2D eigenvalue weighted by Crippen LogP contribution is -1.97. The summed E-state index contributed by atoms with van der Waals surface area (Å²) in [6.45, 7) is 0. The van der Waals surface area contributed by atoms with E-state index in [2.05, 4.69) is 315 Å². The first-order valence-electron chi connectivity index (χ1n) is 34.9. The van der Waals surface area contributed by atoms with E-state index in [9.17, 15) is 0 Å². The predicted octanol–water partition coefficient (Wildman–Crippen LogP) is 24.1. The Hall–Kier alpha value is -13.8. The minimum absolute atomic E-state index is 0.685. The number of hydrogen-bond donors (Lipinski definition) is 0. The highest BCUT2D eigenvalue weighted by atomic mass is 15.0. The van der Waals surface area contributed by atoms with Gasteiger partial charge < -0.3 is 17.6 Å². The van der Waals surface area contributed by atoms with Crippen molar-refractivity contribution in [2.24, 2.45) is 0 Å². The maximum atomic E-state index is 5.65. The highest BCUT2D eigenvalue weighted by Gasteiger charge is 2.29. The van der Waals surface area contributed by atoms with Crippen molar-refractivity contribution >= 4 is 163 Å². The Morgan fingerprint density at radius 1 is 0.176 bits per heavy atom. The van der Waals surface area contributed by atoms with E-state index < -0.39 is 0 Å². The molecule has 0 unspecified atom stereocenters. The molecule has 8 heterocycles. The van der Waals surface area contributed by atoms with Gasteiger partial charge in [-0.15, -0.1) is 0 Å². The second-order valence-electron chi connectivity index (χ2n) is 27.5. The molecule has 0 fully saturated rings. The molecule has 0 atom stereocenters. The van der Waals surface area contributed by atoms with Crippen molar-refractivity contribution in [3.8, 4) is 67.5 Å². The molecule has 8 heteroatoms. The van der Waals surface area contributed by atoms with Crippen LogP contribution in [0.5, 0.6) is 0 Å². The third-order valence-electron chi connectivity index (χ3n) is 22.3. The third-order valence-corrected chi connectivity index (χ3v) is 22.3. The van der Waals surface area contributed by atoms with Gasteiger partial charge >= 0.3 is 0 Å². The summed E-state index contributed by atoms with van der Waals surface area (Å²) in [7, 11) is 0. The lowest BCUT2D eigenvalue weighted by atomic mass is 9.93. The zero-order chi connectivity index (χ0) is 66.2. The van der Waals surface area contributed by atoms with E-state index in [-0.39, 0.29) is 0 Å². The van der Waals surface area contributed by atoms with Crippen molar-refractivity contribution in [3.63, 3.8) is 0 Å². The van der Waals surface area contributed by atoms with Gasteiger partial charge in [-0.3, -0.25) is 0 Å². The molecule has 8 nitrogen and oxygen atoms in total. The van der Waals surface area contributed by atoms with E-state index in [0.717, 1.165) is 111 Å². The summed E-state index contributed by atoms with van der Waals surface area (Å²) in [5, 5.41) is 19.2. The summed E-state index contributed by atoms with van der Waals surface area (Å²) < 4.78 is 10.1. The maximum absolute atomic E-state index is 5.65. The largest absolute Gasteiger partial charge is 0.305 e. The molecule has 8 aromatic heterocycles. The molecular formula is C94H52N8. The maximum Gasteiger partial charge on any atom is 0.161 e. The number of para-hydroxylation sites is 7. The molecule has 0 aliphatic rings. The van der Waals surface area contributed by atoms with Gasteiger partial charge in [-0.25, -0.2) is 19.9 Å². The highest BCUT2D eigenvalue weighted by Crippen LogP contribution is 2.51. The standard InChI is InChI=1S/C94H52N8/c1-2-21-53(22-3-1)93-95-73-34-13-10-31-67(73)88(97-93)58-43-48-77-72(51-58)86-65-30-9-7-28-63(65)84-70-44-41-55(52-82(70)102-81-40-19-18-39-80(81)101(77)92(86)90(84)102)54-23-20-24-57(49-54)87-68-32-11-14-35-74(68)96-94(98-87)66-46-45-59(60-25-4-5-26-61(60)66)56-42-47-76-71(50-56)85-64-29-8-6-27-62(64)83-69-33-12-15-36-75(69)99-78-37-16-17-38-79(78)100(76)91(85)89(83)99/h1-52H. The number of fused-ring (bicyclic) bond motifs is 27. The Balaban J connectivity index is 0.661.